The minimum absolute atomic E-state index is 0.366. The standard InChI is InChI=1S/C4H7NO3.C3H9N/c1-3(6)5-2-4(7)8;1-4(2)3/h2H2,1H3,(H,5,6)(H,7,8);1-3H3. The highest BCUT2D eigenvalue weighted by molar-refractivity contribution is 5.78. The van der Waals surface area contributed by atoms with Gasteiger partial charge in [0.05, 0.1) is 33.7 Å². The third kappa shape index (κ3) is 36.5. The van der Waals surface area contributed by atoms with Gasteiger partial charge in [-0.2, -0.15) is 0 Å². The first-order valence-electron chi connectivity index (χ1n) is 3.57. The second kappa shape index (κ2) is 8.00. The summed E-state index contributed by atoms with van der Waals surface area (Å²) in [5.41, 5.74) is 0. The van der Waals surface area contributed by atoms with E-state index in [1.54, 1.807) is 0 Å². The highest BCUT2D eigenvalue weighted by Crippen LogP contribution is 1.56. The van der Waals surface area contributed by atoms with Gasteiger partial charge in [-0.05, 0) is 0 Å². The highest BCUT2D eigenvalue weighted by atomic mass is 16.4. The van der Waals surface area contributed by atoms with Crippen molar-refractivity contribution in [1.29, 1.82) is 0 Å². The maximum absolute atomic E-state index is 9.95. The van der Waals surface area contributed by atoms with E-state index in [1.807, 2.05) is 5.32 Å². The average molecular weight is 176 g/mol. The van der Waals surface area contributed by atoms with Crippen LogP contribution < -0.4 is 15.3 Å². The Morgan fingerprint density at radius 3 is 1.75 bits per heavy atom. The predicted octanol–water partition coefficient (Wildman–Crippen LogP) is -3.37. The Bertz CT molecular complexity index is 129. The topological polar surface area (TPSA) is 73.7 Å². The van der Waals surface area contributed by atoms with Crippen LogP contribution in [-0.4, -0.2) is 39.6 Å². The molecule has 0 saturated carbocycles. The van der Waals surface area contributed by atoms with Crippen molar-refractivity contribution in [2.75, 3.05) is 27.7 Å². The zero-order valence-electron chi connectivity index (χ0n) is 7.93. The number of rotatable bonds is 2. The lowest BCUT2D eigenvalue weighted by Gasteiger charge is -1.99. The van der Waals surface area contributed by atoms with Gasteiger partial charge in [0.2, 0.25) is 5.91 Å². The molecule has 0 aromatic rings. The van der Waals surface area contributed by atoms with Crippen molar-refractivity contribution in [3.8, 4) is 0 Å². The van der Waals surface area contributed by atoms with Crippen molar-refractivity contribution in [3.05, 3.63) is 0 Å². The number of hydrogen-bond acceptors (Lipinski definition) is 3. The molecule has 0 aromatic carbocycles. The minimum atomic E-state index is -1.28. The Morgan fingerprint density at radius 1 is 1.33 bits per heavy atom. The fourth-order valence-corrected chi connectivity index (χ4v) is 0.197. The van der Waals surface area contributed by atoms with Gasteiger partial charge in [0, 0.05) is 6.92 Å². The summed E-state index contributed by atoms with van der Waals surface area (Å²) in [7, 11) is 6.25. The third-order valence-electron chi connectivity index (χ3n) is 0.482. The second-order valence-corrected chi connectivity index (χ2v) is 2.78. The summed E-state index contributed by atoms with van der Waals surface area (Å²) in [6, 6.07) is 0. The zero-order valence-corrected chi connectivity index (χ0v) is 7.93. The molecule has 72 valence electrons. The van der Waals surface area contributed by atoms with E-state index in [0.29, 0.717) is 0 Å². The molecule has 0 radical (unpaired) electrons. The molecular weight excluding hydrogens is 160 g/mol. The predicted molar refractivity (Wildman–Crippen MR) is 42.4 cm³/mol. The van der Waals surface area contributed by atoms with Gasteiger partial charge in [0.15, 0.2) is 0 Å². The smallest absolute Gasteiger partial charge is 0.217 e. The van der Waals surface area contributed by atoms with E-state index < -0.39 is 12.5 Å². The van der Waals surface area contributed by atoms with Crippen LogP contribution in [0.4, 0.5) is 0 Å². The molecule has 0 aliphatic rings. The van der Waals surface area contributed by atoms with Crippen LogP contribution in [0, 0.1) is 0 Å². The molecule has 0 rings (SSSR count). The van der Waals surface area contributed by atoms with Gasteiger partial charge < -0.3 is 20.1 Å². The van der Waals surface area contributed by atoms with E-state index in [2.05, 4.69) is 21.1 Å². The first kappa shape index (κ1) is 13.5. The van der Waals surface area contributed by atoms with Crippen LogP contribution in [0.3, 0.4) is 0 Å². The van der Waals surface area contributed by atoms with Crippen molar-refractivity contribution >= 4 is 11.9 Å². The summed E-state index contributed by atoms with van der Waals surface area (Å²) < 4.78 is 0. The van der Waals surface area contributed by atoms with Crippen molar-refractivity contribution in [1.82, 2.24) is 5.32 Å². The number of carboxylic acids is 1. The van der Waals surface area contributed by atoms with Crippen molar-refractivity contribution in [3.63, 3.8) is 0 Å². The molecule has 0 aromatic heterocycles. The normalized spacial score (nSPS) is 8.42. The van der Waals surface area contributed by atoms with Gasteiger partial charge in [0.25, 0.3) is 0 Å². The number of carbonyl (C=O) groups is 2. The monoisotopic (exact) mass is 176 g/mol. The summed E-state index contributed by atoms with van der Waals surface area (Å²) in [4.78, 5) is 20.9. The fourth-order valence-electron chi connectivity index (χ4n) is 0.197. The molecule has 0 fully saturated rings. The molecule has 0 spiro atoms. The maximum atomic E-state index is 9.95. The molecule has 0 saturated heterocycles. The van der Waals surface area contributed by atoms with Crippen LogP contribution in [-0.2, 0) is 9.59 Å². The van der Waals surface area contributed by atoms with Gasteiger partial charge in [-0.1, -0.05) is 0 Å². The Hall–Kier alpha value is -1.10. The van der Waals surface area contributed by atoms with E-state index in [0.717, 1.165) is 0 Å². The molecule has 0 unspecified atom stereocenters. The summed E-state index contributed by atoms with van der Waals surface area (Å²) in [6.07, 6.45) is 0. The first-order chi connectivity index (χ1) is 5.36. The SMILES string of the molecule is CC(=O)NCC(=O)[O-].C[NH+](C)C. The second-order valence-electron chi connectivity index (χ2n) is 2.78. The Morgan fingerprint density at radius 2 is 1.67 bits per heavy atom. The van der Waals surface area contributed by atoms with E-state index in [-0.39, 0.29) is 5.91 Å². The molecule has 5 heteroatoms. The van der Waals surface area contributed by atoms with Crippen LogP contribution in [0.15, 0.2) is 0 Å². The Labute approximate surface area is 72.4 Å². The van der Waals surface area contributed by atoms with Crippen LogP contribution in [0.1, 0.15) is 6.92 Å². The number of carbonyl (C=O) groups excluding carboxylic acids is 2. The van der Waals surface area contributed by atoms with Crippen LogP contribution in [0.5, 0.6) is 0 Å². The van der Waals surface area contributed by atoms with Gasteiger partial charge in [-0.15, -0.1) is 0 Å². The summed E-state index contributed by atoms with van der Waals surface area (Å²) in [6.45, 7) is 0.832. The van der Waals surface area contributed by atoms with Crippen LogP contribution in [0.25, 0.3) is 0 Å². The van der Waals surface area contributed by atoms with Crippen LogP contribution >= 0.6 is 0 Å². The number of nitrogens with one attached hydrogen (secondary N) is 2. The lowest BCUT2D eigenvalue weighted by molar-refractivity contribution is -0.836. The molecule has 0 atom stereocenters. The largest absolute Gasteiger partial charge is 0.548 e. The number of aliphatic carboxylic acids is 1. The number of amides is 1. The first-order valence-corrected chi connectivity index (χ1v) is 3.57. The quantitative estimate of drug-likeness (QED) is 0.461. The lowest BCUT2D eigenvalue weighted by Crippen LogP contribution is -3.02. The molecule has 0 heterocycles. The minimum Gasteiger partial charge on any atom is -0.548 e. The lowest BCUT2D eigenvalue weighted by atomic mass is 10.6. The zero-order chi connectivity index (χ0) is 10.1. The van der Waals surface area contributed by atoms with Crippen molar-refractivity contribution < 1.29 is 19.6 Å². The van der Waals surface area contributed by atoms with Gasteiger partial charge in [0.1, 0.15) is 0 Å². The van der Waals surface area contributed by atoms with Crippen molar-refractivity contribution in [2.45, 2.75) is 6.92 Å². The van der Waals surface area contributed by atoms with E-state index in [9.17, 15) is 14.7 Å². The number of carboxylic acid groups (broad SMARTS) is 1. The van der Waals surface area contributed by atoms with Crippen molar-refractivity contribution in [2.24, 2.45) is 0 Å². The highest BCUT2D eigenvalue weighted by Gasteiger charge is 1.86. The van der Waals surface area contributed by atoms with E-state index >= 15 is 0 Å². The summed E-state index contributed by atoms with van der Waals surface area (Å²) >= 11 is 0. The summed E-state index contributed by atoms with van der Waals surface area (Å²) in [5.74, 6) is -1.64. The van der Waals surface area contributed by atoms with Crippen LogP contribution in [0.2, 0.25) is 0 Å². The number of quaternary nitrogens is 1. The molecular formula is C7H16N2O3. The molecule has 1 amide bonds. The molecule has 0 aliphatic carbocycles. The number of hydrogen-bond donors (Lipinski definition) is 2. The van der Waals surface area contributed by atoms with Gasteiger partial charge in [-0.3, -0.25) is 4.79 Å². The van der Waals surface area contributed by atoms with Gasteiger partial charge in [-0.25, -0.2) is 0 Å². The van der Waals surface area contributed by atoms with E-state index in [4.69, 9.17) is 0 Å². The summed E-state index contributed by atoms with van der Waals surface area (Å²) in [5, 5.41) is 11.6. The third-order valence-corrected chi connectivity index (χ3v) is 0.482. The molecule has 5 nitrogen and oxygen atoms in total. The maximum Gasteiger partial charge on any atom is 0.217 e. The van der Waals surface area contributed by atoms with E-state index in [1.165, 1.54) is 11.8 Å². The molecule has 0 bridgehead atoms. The molecule has 2 N–H and O–H groups in total. The Balaban J connectivity index is 0. The van der Waals surface area contributed by atoms with Gasteiger partial charge >= 0.3 is 0 Å². The molecule has 12 heavy (non-hydrogen) atoms. The fraction of sp³-hybridized carbons (Fsp3) is 0.714. The average Bonchev–Trinajstić information content (AvgIpc) is 1.82. The molecule has 0 aliphatic heterocycles. The Kier molecular flexibility index (Phi) is 8.99.